The first kappa shape index (κ1) is 20.7. The van der Waals surface area contributed by atoms with Crippen molar-refractivity contribution in [2.24, 2.45) is 5.73 Å². The van der Waals surface area contributed by atoms with Crippen molar-refractivity contribution in [1.29, 1.82) is 0 Å². The zero-order chi connectivity index (χ0) is 20.0. The lowest BCUT2D eigenvalue weighted by atomic mass is 10.1. The largest absolute Gasteiger partial charge is 0.497 e. The number of aromatic nitrogens is 2. The average molecular weight is 423 g/mol. The summed E-state index contributed by atoms with van der Waals surface area (Å²) in [7, 11) is 1.51. The Morgan fingerprint density at radius 2 is 1.90 bits per heavy atom. The first-order chi connectivity index (χ1) is 13.4. The number of fused-ring (bicyclic) bond motifs is 1. The highest BCUT2D eigenvalue weighted by molar-refractivity contribution is 5.85. The minimum Gasteiger partial charge on any atom is -0.497 e. The van der Waals surface area contributed by atoms with Crippen molar-refractivity contribution in [2.75, 3.05) is 25.1 Å². The van der Waals surface area contributed by atoms with Crippen molar-refractivity contribution >= 4 is 29.0 Å². The fourth-order valence-corrected chi connectivity index (χ4v) is 3.54. The second-order valence-electron chi connectivity index (χ2n) is 6.75. The van der Waals surface area contributed by atoms with Crippen LogP contribution in [0.4, 0.5) is 10.1 Å². The van der Waals surface area contributed by atoms with Gasteiger partial charge in [0.05, 0.1) is 29.4 Å². The number of halogens is 2. The van der Waals surface area contributed by atoms with E-state index in [4.69, 9.17) is 10.5 Å². The molecule has 10 heteroatoms. The molecular weight excluding hydrogens is 403 g/mol. The Morgan fingerprint density at radius 1 is 1.21 bits per heavy atom. The molecule has 4 rings (SSSR count). The summed E-state index contributed by atoms with van der Waals surface area (Å²) < 4.78 is 21.0. The predicted octanol–water partition coefficient (Wildman–Crippen LogP) is 1.50. The van der Waals surface area contributed by atoms with Crippen LogP contribution in [-0.4, -0.2) is 40.7 Å². The van der Waals surface area contributed by atoms with Gasteiger partial charge in [0.15, 0.2) is 0 Å². The van der Waals surface area contributed by atoms with Crippen LogP contribution in [-0.2, 0) is 0 Å². The molecule has 2 aromatic carbocycles. The highest BCUT2D eigenvalue weighted by Gasteiger charge is 2.24. The fourth-order valence-electron chi connectivity index (χ4n) is 3.54. The van der Waals surface area contributed by atoms with Gasteiger partial charge in [-0.1, -0.05) is 4.73 Å². The number of nitrogens with zero attached hydrogens (tertiary/aromatic N) is 3. The standard InChI is InChI=1S/C19H19FN4O4.ClH/c1-28-13-4-2-12(3-5-13)23-16-9-17(22-7-6-11(21)10-22)15(20)8-14(16)18(25)24(27)19(23)26;/h2-5,8-9,11,27H,6-7,10,21H2,1H3;1H. The highest BCUT2D eigenvalue weighted by Crippen LogP contribution is 2.28. The van der Waals surface area contributed by atoms with E-state index in [1.54, 1.807) is 29.2 Å². The summed E-state index contributed by atoms with van der Waals surface area (Å²) in [6.07, 6.45) is 0.723. The van der Waals surface area contributed by atoms with Gasteiger partial charge in [-0.3, -0.25) is 9.36 Å². The molecule has 29 heavy (non-hydrogen) atoms. The molecule has 2 heterocycles. The molecule has 0 spiro atoms. The Hall–Kier alpha value is -3.04. The molecular formula is C19H20ClFN4O4. The molecule has 1 saturated heterocycles. The van der Waals surface area contributed by atoms with E-state index in [1.165, 1.54) is 13.2 Å². The zero-order valence-electron chi connectivity index (χ0n) is 15.5. The van der Waals surface area contributed by atoms with Crippen molar-refractivity contribution in [2.45, 2.75) is 12.5 Å². The van der Waals surface area contributed by atoms with E-state index in [-0.39, 0.29) is 39.8 Å². The van der Waals surface area contributed by atoms with Crippen LogP contribution in [0.2, 0.25) is 0 Å². The lowest BCUT2D eigenvalue weighted by Crippen LogP contribution is -2.38. The summed E-state index contributed by atoms with van der Waals surface area (Å²) in [5.74, 6) is -0.0326. The summed E-state index contributed by atoms with van der Waals surface area (Å²) >= 11 is 0. The van der Waals surface area contributed by atoms with Gasteiger partial charge >= 0.3 is 5.69 Å². The van der Waals surface area contributed by atoms with Crippen molar-refractivity contribution in [3.63, 3.8) is 0 Å². The lowest BCUT2D eigenvalue weighted by Gasteiger charge is -2.20. The molecule has 8 nitrogen and oxygen atoms in total. The van der Waals surface area contributed by atoms with E-state index in [1.807, 2.05) is 0 Å². The topological polar surface area (TPSA) is 103 Å². The third-order valence-electron chi connectivity index (χ3n) is 5.00. The van der Waals surface area contributed by atoms with Gasteiger partial charge in [0, 0.05) is 19.1 Å². The molecule has 1 atom stereocenters. The summed E-state index contributed by atoms with van der Waals surface area (Å²) in [6.45, 7) is 1.06. The molecule has 0 aliphatic carbocycles. The molecule has 1 aliphatic rings. The van der Waals surface area contributed by atoms with Crippen LogP contribution in [0, 0.1) is 5.82 Å². The van der Waals surface area contributed by atoms with Gasteiger partial charge in [-0.25, -0.2) is 9.18 Å². The third kappa shape index (κ3) is 3.43. The second kappa shape index (κ2) is 7.76. The minimum absolute atomic E-state index is 0. The summed E-state index contributed by atoms with van der Waals surface area (Å²) in [6, 6.07) is 8.94. The molecule has 1 aromatic heterocycles. The van der Waals surface area contributed by atoms with E-state index in [9.17, 15) is 19.2 Å². The van der Waals surface area contributed by atoms with Crippen molar-refractivity contribution < 1.29 is 14.3 Å². The molecule has 154 valence electrons. The van der Waals surface area contributed by atoms with Crippen LogP contribution >= 0.6 is 12.4 Å². The van der Waals surface area contributed by atoms with Crippen LogP contribution < -0.4 is 26.6 Å². The maximum Gasteiger partial charge on any atom is 0.369 e. The van der Waals surface area contributed by atoms with Crippen molar-refractivity contribution in [3.05, 3.63) is 63.1 Å². The number of benzene rings is 2. The van der Waals surface area contributed by atoms with Crippen LogP contribution in [0.1, 0.15) is 6.42 Å². The summed E-state index contributed by atoms with van der Waals surface area (Å²) in [4.78, 5) is 26.8. The molecule has 0 amide bonds. The van der Waals surface area contributed by atoms with E-state index in [0.717, 1.165) is 17.1 Å². The summed E-state index contributed by atoms with van der Waals surface area (Å²) in [5, 5.41) is 9.84. The van der Waals surface area contributed by atoms with Gasteiger partial charge in [0.1, 0.15) is 11.6 Å². The van der Waals surface area contributed by atoms with E-state index < -0.39 is 17.1 Å². The Bertz CT molecular complexity index is 1180. The van der Waals surface area contributed by atoms with E-state index >= 15 is 0 Å². The third-order valence-corrected chi connectivity index (χ3v) is 5.00. The maximum absolute atomic E-state index is 14.7. The molecule has 0 radical (unpaired) electrons. The second-order valence-corrected chi connectivity index (χ2v) is 6.75. The number of rotatable bonds is 3. The number of hydrogen-bond donors (Lipinski definition) is 2. The van der Waals surface area contributed by atoms with Gasteiger partial charge in [-0.05, 0) is 42.8 Å². The Kier molecular flexibility index (Phi) is 5.54. The maximum atomic E-state index is 14.7. The van der Waals surface area contributed by atoms with Crippen molar-refractivity contribution in [3.8, 4) is 11.4 Å². The molecule has 0 saturated carbocycles. The first-order valence-electron chi connectivity index (χ1n) is 8.76. The zero-order valence-corrected chi connectivity index (χ0v) is 16.4. The highest BCUT2D eigenvalue weighted by atomic mass is 35.5. The number of anilines is 1. The van der Waals surface area contributed by atoms with Crippen LogP contribution in [0.5, 0.6) is 5.75 Å². The number of methoxy groups -OCH3 is 1. The van der Waals surface area contributed by atoms with Gasteiger partial charge in [0.25, 0.3) is 5.56 Å². The minimum atomic E-state index is -0.978. The molecule has 1 fully saturated rings. The predicted molar refractivity (Wildman–Crippen MR) is 110 cm³/mol. The molecule has 3 aromatic rings. The van der Waals surface area contributed by atoms with Crippen LogP contribution in [0.3, 0.4) is 0 Å². The van der Waals surface area contributed by atoms with Crippen LogP contribution in [0.25, 0.3) is 16.6 Å². The van der Waals surface area contributed by atoms with Gasteiger partial charge in [0.2, 0.25) is 0 Å². The Labute approximate surface area is 170 Å². The normalized spacial score (nSPS) is 16.1. The number of ether oxygens (including phenoxy) is 1. The first-order valence-corrected chi connectivity index (χ1v) is 8.76. The van der Waals surface area contributed by atoms with Gasteiger partial charge in [-0.2, -0.15) is 0 Å². The molecule has 0 bridgehead atoms. The van der Waals surface area contributed by atoms with E-state index in [0.29, 0.717) is 24.5 Å². The van der Waals surface area contributed by atoms with Crippen molar-refractivity contribution in [1.82, 2.24) is 9.30 Å². The smallest absolute Gasteiger partial charge is 0.369 e. The number of hydrogen-bond acceptors (Lipinski definition) is 6. The molecule has 3 N–H and O–H groups in total. The van der Waals surface area contributed by atoms with Crippen LogP contribution in [0.15, 0.2) is 46.0 Å². The Balaban J connectivity index is 0.00000240. The SMILES string of the molecule is COc1ccc(-n2c(=O)n(O)c(=O)c3cc(F)c(N4CCC(N)C4)cc32)cc1.Cl. The lowest BCUT2D eigenvalue weighted by molar-refractivity contribution is 0.160. The van der Waals surface area contributed by atoms with E-state index in [2.05, 4.69) is 0 Å². The molecule has 1 aliphatic heterocycles. The quantitative estimate of drug-likeness (QED) is 0.620. The van der Waals surface area contributed by atoms with Gasteiger partial charge in [-0.15, -0.1) is 12.4 Å². The van der Waals surface area contributed by atoms with Gasteiger partial charge < -0.3 is 20.6 Å². The number of nitrogens with two attached hydrogens (primary N) is 1. The molecule has 1 unspecified atom stereocenters. The Morgan fingerprint density at radius 3 is 2.48 bits per heavy atom. The monoisotopic (exact) mass is 422 g/mol. The fraction of sp³-hybridized carbons (Fsp3) is 0.263. The average Bonchev–Trinajstić information content (AvgIpc) is 3.13. The summed E-state index contributed by atoms with van der Waals surface area (Å²) in [5.41, 5.74) is 4.86.